The van der Waals surface area contributed by atoms with Crippen LogP contribution >= 0.6 is 0 Å². The summed E-state index contributed by atoms with van der Waals surface area (Å²) in [6.45, 7) is 4.52. The first-order chi connectivity index (χ1) is 13.8. The van der Waals surface area contributed by atoms with Gasteiger partial charge in [0.1, 0.15) is 5.75 Å². The van der Waals surface area contributed by atoms with Crippen molar-refractivity contribution in [2.24, 2.45) is 0 Å². The van der Waals surface area contributed by atoms with Gasteiger partial charge in [-0.05, 0) is 61.6 Å². The Morgan fingerprint density at radius 1 is 1.10 bits per heavy atom. The Kier molecular flexibility index (Phi) is 6.59. The Balaban J connectivity index is 1.55. The zero-order chi connectivity index (χ0) is 21.0. The molecule has 0 saturated carbocycles. The molecule has 0 radical (unpaired) electrons. The number of carbonyl (C=O) groups is 1. The fraction of sp³-hybridized carbons (Fsp3) is 0.409. The van der Waals surface area contributed by atoms with E-state index in [1.165, 1.54) is 4.31 Å². The summed E-state index contributed by atoms with van der Waals surface area (Å²) in [5.41, 5.74) is 2.60. The molecule has 0 unspecified atom stereocenters. The van der Waals surface area contributed by atoms with Crippen LogP contribution < -0.4 is 10.1 Å². The first-order valence-corrected chi connectivity index (χ1v) is 11.2. The van der Waals surface area contributed by atoms with E-state index in [1.807, 2.05) is 50.2 Å². The van der Waals surface area contributed by atoms with Gasteiger partial charge in [-0.3, -0.25) is 4.79 Å². The van der Waals surface area contributed by atoms with Crippen molar-refractivity contribution in [1.29, 1.82) is 0 Å². The zero-order valence-corrected chi connectivity index (χ0v) is 18.0. The van der Waals surface area contributed by atoms with Crippen molar-refractivity contribution in [3.63, 3.8) is 0 Å². The standard InChI is InChI=1S/C22H28N2O4S/c1-16-4-5-17(2)21(14-16)29(26,27)24-12-10-19(11-13-24)23-22(25)15-18-6-8-20(28-3)9-7-18/h4-9,14,19H,10-13,15H2,1-3H3,(H,23,25). The molecule has 156 valence electrons. The molecule has 0 aliphatic carbocycles. The van der Waals surface area contributed by atoms with Gasteiger partial charge in [0.2, 0.25) is 15.9 Å². The van der Waals surface area contributed by atoms with Crippen molar-refractivity contribution in [1.82, 2.24) is 9.62 Å². The Hall–Kier alpha value is -2.38. The van der Waals surface area contributed by atoms with Crippen molar-refractivity contribution in [3.8, 4) is 5.75 Å². The molecule has 29 heavy (non-hydrogen) atoms. The van der Waals surface area contributed by atoms with Crippen LogP contribution in [0.5, 0.6) is 5.75 Å². The summed E-state index contributed by atoms with van der Waals surface area (Å²) in [4.78, 5) is 12.7. The van der Waals surface area contributed by atoms with E-state index in [4.69, 9.17) is 4.74 Å². The largest absolute Gasteiger partial charge is 0.497 e. The minimum atomic E-state index is -3.51. The second kappa shape index (κ2) is 8.97. The van der Waals surface area contributed by atoms with E-state index >= 15 is 0 Å². The van der Waals surface area contributed by atoms with Gasteiger partial charge in [-0.15, -0.1) is 0 Å². The molecule has 1 N–H and O–H groups in total. The van der Waals surface area contributed by atoms with Crippen LogP contribution in [0, 0.1) is 13.8 Å². The number of benzene rings is 2. The Labute approximate surface area is 172 Å². The van der Waals surface area contributed by atoms with Crippen molar-refractivity contribution < 1.29 is 17.9 Å². The Bertz CT molecular complexity index is 963. The van der Waals surface area contributed by atoms with Gasteiger partial charge in [-0.1, -0.05) is 24.3 Å². The number of amides is 1. The quantitative estimate of drug-likeness (QED) is 0.786. The van der Waals surface area contributed by atoms with Crippen molar-refractivity contribution >= 4 is 15.9 Å². The highest BCUT2D eigenvalue weighted by atomic mass is 32.2. The predicted octanol–water partition coefficient (Wildman–Crippen LogP) is 2.82. The molecule has 2 aromatic carbocycles. The zero-order valence-electron chi connectivity index (χ0n) is 17.1. The van der Waals surface area contributed by atoms with E-state index in [2.05, 4.69) is 5.32 Å². The predicted molar refractivity (Wildman–Crippen MR) is 113 cm³/mol. The molecular weight excluding hydrogens is 388 g/mol. The maximum absolute atomic E-state index is 13.0. The minimum absolute atomic E-state index is 0.00851. The van der Waals surface area contributed by atoms with Gasteiger partial charge in [-0.25, -0.2) is 8.42 Å². The van der Waals surface area contributed by atoms with Crippen molar-refractivity contribution in [3.05, 3.63) is 59.2 Å². The summed E-state index contributed by atoms with van der Waals surface area (Å²) in [5, 5.41) is 3.04. The number of rotatable bonds is 6. The molecule has 1 aliphatic rings. The molecule has 0 bridgehead atoms. The van der Waals surface area contributed by atoms with Gasteiger partial charge < -0.3 is 10.1 Å². The number of nitrogens with one attached hydrogen (secondary N) is 1. The Morgan fingerprint density at radius 2 is 1.76 bits per heavy atom. The number of methoxy groups -OCH3 is 1. The lowest BCUT2D eigenvalue weighted by molar-refractivity contribution is -0.121. The van der Waals surface area contributed by atoms with Crippen LogP contribution in [-0.2, 0) is 21.2 Å². The van der Waals surface area contributed by atoms with Crippen molar-refractivity contribution in [2.45, 2.75) is 44.0 Å². The summed E-state index contributed by atoms with van der Waals surface area (Å²) in [6, 6.07) is 12.9. The van der Waals surface area contributed by atoms with Crippen LogP contribution in [0.2, 0.25) is 0 Å². The molecule has 1 fully saturated rings. The molecule has 2 aromatic rings. The summed E-state index contributed by atoms with van der Waals surface area (Å²) in [6.07, 6.45) is 1.52. The minimum Gasteiger partial charge on any atom is -0.497 e. The summed E-state index contributed by atoms with van der Waals surface area (Å²) in [5.74, 6) is 0.706. The molecule has 1 heterocycles. The molecule has 1 aliphatic heterocycles. The van der Waals surface area contributed by atoms with Gasteiger partial charge in [-0.2, -0.15) is 4.31 Å². The fourth-order valence-electron chi connectivity index (χ4n) is 3.57. The normalized spacial score (nSPS) is 15.8. The number of sulfonamides is 1. The maximum atomic E-state index is 13.0. The number of piperidine rings is 1. The number of hydrogen-bond acceptors (Lipinski definition) is 4. The molecule has 1 saturated heterocycles. The van der Waals surface area contributed by atoms with Gasteiger partial charge in [0, 0.05) is 19.1 Å². The van der Waals surface area contributed by atoms with E-state index in [-0.39, 0.29) is 11.9 Å². The lowest BCUT2D eigenvalue weighted by atomic mass is 10.1. The van der Waals surface area contributed by atoms with Crippen LogP contribution in [-0.4, -0.2) is 44.9 Å². The van der Waals surface area contributed by atoms with Crippen LogP contribution in [0.4, 0.5) is 0 Å². The van der Waals surface area contributed by atoms with Crippen LogP contribution in [0.3, 0.4) is 0 Å². The molecule has 6 nitrogen and oxygen atoms in total. The van der Waals surface area contributed by atoms with Crippen LogP contribution in [0.15, 0.2) is 47.4 Å². The number of ether oxygens (including phenoxy) is 1. The SMILES string of the molecule is COc1ccc(CC(=O)NC2CCN(S(=O)(=O)c3cc(C)ccc3C)CC2)cc1. The number of nitrogens with zero attached hydrogens (tertiary/aromatic N) is 1. The monoisotopic (exact) mass is 416 g/mol. The summed E-state index contributed by atoms with van der Waals surface area (Å²) >= 11 is 0. The topological polar surface area (TPSA) is 75.7 Å². The average Bonchev–Trinajstić information content (AvgIpc) is 2.70. The molecule has 7 heteroatoms. The second-order valence-corrected chi connectivity index (χ2v) is 9.45. The van der Waals surface area contributed by atoms with Gasteiger partial charge in [0.25, 0.3) is 0 Å². The second-order valence-electron chi connectivity index (χ2n) is 7.54. The van der Waals surface area contributed by atoms with E-state index in [0.29, 0.717) is 37.2 Å². The smallest absolute Gasteiger partial charge is 0.243 e. The third-order valence-electron chi connectivity index (χ3n) is 5.30. The highest BCUT2D eigenvalue weighted by Crippen LogP contribution is 2.24. The summed E-state index contributed by atoms with van der Waals surface area (Å²) in [7, 11) is -1.91. The lowest BCUT2D eigenvalue weighted by Gasteiger charge is -2.32. The maximum Gasteiger partial charge on any atom is 0.243 e. The van der Waals surface area contributed by atoms with E-state index in [1.54, 1.807) is 13.2 Å². The molecule has 0 atom stereocenters. The highest BCUT2D eigenvalue weighted by Gasteiger charge is 2.30. The van der Waals surface area contributed by atoms with E-state index < -0.39 is 10.0 Å². The first kappa shape index (κ1) is 21.3. The molecule has 1 amide bonds. The van der Waals surface area contributed by atoms with E-state index in [9.17, 15) is 13.2 Å². The average molecular weight is 417 g/mol. The molecule has 3 rings (SSSR count). The fourth-order valence-corrected chi connectivity index (χ4v) is 5.35. The summed E-state index contributed by atoms with van der Waals surface area (Å²) < 4.78 is 32.7. The van der Waals surface area contributed by atoms with Crippen molar-refractivity contribution in [2.75, 3.05) is 20.2 Å². The number of hydrogen-bond donors (Lipinski definition) is 1. The van der Waals surface area contributed by atoms with Crippen LogP contribution in [0.25, 0.3) is 0 Å². The number of carbonyl (C=O) groups excluding carboxylic acids is 1. The van der Waals surface area contributed by atoms with Gasteiger partial charge in [0.15, 0.2) is 0 Å². The molecule has 0 aromatic heterocycles. The Morgan fingerprint density at radius 3 is 2.38 bits per heavy atom. The molecular formula is C22H28N2O4S. The number of aryl methyl sites for hydroxylation is 2. The van der Waals surface area contributed by atoms with E-state index in [0.717, 1.165) is 22.4 Å². The van der Waals surface area contributed by atoms with Gasteiger partial charge >= 0.3 is 0 Å². The van der Waals surface area contributed by atoms with Gasteiger partial charge in [0.05, 0.1) is 18.4 Å². The van der Waals surface area contributed by atoms with Crippen LogP contribution in [0.1, 0.15) is 29.5 Å². The third-order valence-corrected chi connectivity index (χ3v) is 7.34. The third kappa shape index (κ3) is 5.16. The highest BCUT2D eigenvalue weighted by molar-refractivity contribution is 7.89. The molecule has 0 spiro atoms. The first-order valence-electron chi connectivity index (χ1n) is 9.79. The lowest BCUT2D eigenvalue weighted by Crippen LogP contribution is -2.46.